The number of ether oxygens (including phenoxy) is 1. The van der Waals surface area contributed by atoms with Gasteiger partial charge in [0, 0.05) is 51.5 Å². The molecule has 0 aliphatic heterocycles. The summed E-state index contributed by atoms with van der Waals surface area (Å²) in [5.41, 5.74) is 3.12. The van der Waals surface area contributed by atoms with Gasteiger partial charge in [-0.2, -0.15) is 35.9 Å². The molecule has 135 valence electrons. The number of benzene rings is 2. The Labute approximate surface area is 185 Å². The standard InChI is InChI=1S/C22H21N2O2.Y/c1-24(13-14-26-21-9-7-19(17-25)8-10-21)22-16-20(11-12-23-22)15-18-5-3-2-4-6-18;/h3-12,16-17H,13-15H2,1H3;/q-1;. The number of rotatable bonds is 8. The molecule has 0 spiro atoms. The Balaban J connectivity index is 0.00000261. The average molecular weight is 434 g/mol. The largest absolute Gasteiger partial charge is 0.492 e. The van der Waals surface area contributed by atoms with Crippen LogP contribution in [0, 0.1) is 6.07 Å². The number of carbonyl (C=O) groups excluding carboxylic acids is 1. The van der Waals surface area contributed by atoms with Crippen molar-refractivity contribution in [3.8, 4) is 5.75 Å². The number of carbonyl (C=O) groups is 1. The second-order valence-electron chi connectivity index (χ2n) is 6.06. The molecule has 0 unspecified atom stereocenters. The molecule has 27 heavy (non-hydrogen) atoms. The van der Waals surface area contributed by atoms with Crippen LogP contribution in [-0.2, 0) is 39.1 Å². The van der Waals surface area contributed by atoms with E-state index in [0.29, 0.717) is 18.7 Å². The maximum atomic E-state index is 10.7. The average Bonchev–Trinajstić information content (AvgIpc) is 2.69. The number of anilines is 1. The summed E-state index contributed by atoms with van der Waals surface area (Å²) in [5, 5.41) is 0. The van der Waals surface area contributed by atoms with Gasteiger partial charge in [0.25, 0.3) is 0 Å². The minimum Gasteiger partial charge on any atom is -0.492 e. The molecule has 4 nitrogen and oxygen atoms in total. The smallest absolute Gasteiger partial charge is 0.150 e. The molecule has 0 saturated heterocycles. The molecule has 5 heteroatoms. The van der Waals surface area contributed by atoms with E-state index in [9.17, 15) is 4.79 Å². The zero-order valence-electron chi connectivity index (χ0n) is 15.3. The molecular formula is C22H21N2O2Y-. The molecule has 3 rings (SSSR count). The summed E-state index contributed by atoms with van der Waals surface area (Å²) in [6.07, 6.45) is 3.54. The van der Waals surface area contributed by atoms with E-state index < -0.39 is 0 Å². The molecule has 0 atom stereocenters. The van der Waals surface area contributed by atoms with Crippen LogP contribution in [0.4, 0.5) is 5.82 Å². The van der Waals surface area contributed by atoms with Gasteiger partial charge in [0.1, 0.15) is 24.5 Å². The third-order valence-electron chi connectivity index (χ3n) is 4.11. The fourth-order valence-electron chi connectivity index (χ4n) is 2.61. The maximum Gasteiger partial charge on any atom is 0.150 e. The first-order valence-corrected chi connectivity index (χ1v) is 8.54. The number of hydrogen-bond acceptors (Lipinski definition) is 4. The summed E-state index contributed by atoms with van der Waals surface area (Å²) < 4.78 is 5.73. The molecule has 1 aromatic heterocycles. The Kier molecular flexibility index (Phi) is 8.63. The Hall–Kier alpha value is -2.04. The predicted molar refractivity (Wildman–Crippen MR) is 103 cm³/mol. The van der Waals surface area contributed by atoms with Crippen LogP contribution in [0.15, 0.2) is 66.9 Å². The number of aldehydes is 1. The van der Waals surface area contributed by atoms with Gasteiger partial charge in [0.2, 0.25) is 0 Å². The van der Waals surface area contributed by atoms with Gasteiger partial charge in [0.05, 0.1) is 6.54 Å². The van der Waals surface area contributed by atoms with Crippen LogP contribution < -0.4 is 9.64 Å². The van der Waals surface area contributed by atoms with Crippen molar-refractivity contribution in [2.24, 2.45) is 0 Å². The third-order valence-corrected chi connectivity index (χ3v) is 4.11. The van der Waals surface area contributed by atoms with Crippen molar-refractivity contribution in [3.63, 3.8) is 0 Å². The summed E-state index contributed by atoms with van der Waals surface area (Å²) in [7, 11) is 2.00. The molecule has 0 bridgehead atoms. The van der Waals surface area contributed by atoms with Crippen LogP contribution in [0.3, 0.4) is 0 Å². The number of hydrogen-bond donors (Lipinski definition) is 0. The first kappa shape index (κ1) is 21.3. The van der Waals surface area contributed by atoms with E-state index in [1.165, 1.54) is 11.1 Å². The Bertz CT molecular complexity index is 838. The van der Waals surface area contributed by atoms with Crippen LogP contribution >= 0.6 is 0 Å². The van der Waals surface area contributed by atoms with Crippen LogP contribution in [0.1, 0.15) is 21.5 Å². The van der Waals surface area contributed by atoms with Crippen LogP contribution in [0.2, 0.25) is 0 Å². The fraction of sp³-hybridized carbons (Fsp3) is 0.182. The second-order valence-corrected chi connectivity index (χ2v) is 6.06. The molecular weight excluding hydrogens is 413 g/mol. The van der Waals surface area contributed by atoms with Crippen molar-refractivity contribution >= 4 is 12.1 Å². The molecule has 0 saturated carbocycles. The van der Waals surface area contributed by atoms with Gasteiger partial charge in [0.15, 0.2) is 0 Å². The summed E-state index contributed by atoms with van der Waals surface area (Å²) >= 11 is 0. The third kappa shape index (κ3) is 6.56. The summed E-state index contributed by atoms with van der Waals surface area (Å²) in [6, 6.07) is 22.3. The summed E-state index contributed by atoms with van der Waals surface area (Å²) in [6.45, 7) is 1.25. The Morgan fingerprint density at radius 3 is 2.52 bits per heavy atom. The van der Waals surface area contributed by atoms with E-state index >= 15 is 0 Å². The quantitative estimate of drug-likeness (QED) is 0.400. The van der Waals surface area contributed by atoms with E-state index in [-0.39, 0.29) is 32.7 Å². The molecule has 1 heterocycles. The predicted octanol–water partition coefficient (Wildman–Crippen LogP) is 3.80. The van der Waals surface area contributed by atoms with Crippen LogP contribution in [0.5, 0.6) is 5.75 Å². The monoisotopic (exact) mass is 434 g/mol. The van der Waals surface area contributed by atoms with Gasteiger partial charge in [-0.15, -0.1) is 0 Å². The van der Waals surface area contributed by atoms with Crippen LogP contribution in [0.25, 0.3) is 0 Å². The molecule has 0 amide bonds. The van der Waals surface area contributed by atoms with E-state index in [1.807, 2.05) is 31.4 Å². The fourth-order valence-corrected chi connectivity index (χ4v) is 2.61. The van der Waals surface area contributed by atoms with E-state index in [2.05, 4.69) is 34.1 Å². The first-order chi connectivity index (χ1) is 12.7. The Morgan fingerprint density at radius 1 is 1.07 bits per heavy atom. The number of likely N-dealkylation sites (N-methyl/N-ethyl adjacent to an activating group) is 1. The number of pyridine rings is 1. The number of nitrogens with zero attached hydrogens (tertiary/aromatic N) is 2. The van der Waals surface area contributed by atoms with E-state index in [0.717, 1.165) is 24.3 Å². The molecule has 1 radical (unpaired) electrons. The Morgan fingerprint density at radius 2 is 1.81 bits per heavy atom. The SMILES string of the molecule is CN(CCOc1ccc(C=O)cc1)c1cc(Cc2cc[c-]cc2)ccn1.[Y]. The zero-order chi connectivity index (χ0) is 18.2. The van der Waals surface area contributed by atoms with Crippen molar-refractivity contribution in [2.75, 3.05) is 25.1 Å². The molecule has 0 aliphatic rings. The molecule has 0 fully saturated rings. The summed E-state index contributed by atoms with van der Waals surface area (Å²) in [4.78, 5) is 17.2. The maximum absolute atomic E-state index is 10.7. The van der Waals surface area contributed by atoms with Crippen molar-refractivity contribution in [3.05, 3.63) is 89.6 Å². The van der Waals surface area contributed by atoms with Crippen LogP contribution in [-0.4, -0.2) is 31.5 Å². The van der Waals surface area contributed by atoms with E-state index in [1.54, 1.807) is 24.3 Å². The summed E-state index contributed by atoms with van der Waals surface area (Å²) in [5.74, 6) is 1.68. The minimum absolute atomic E-state index is 0. The van der Waals surface area contributed by atoms with Gasteiger partial charge >= 0.3 is 0 Å². The van der Waals surface area contributed by atoms with E-state index in [4.69, 9.17) is 4.74 Å². The first-order valence-electron chi connectivity index (χ1n) is 8.54. The van der Waals surface area contributed by atoms with Gasteiger partial charge < -0.3 is 9.64 Å². The molecule has 2 aromatic carbocycles. The van der Waals surface area contributed by atoms with Crippen molar-refractivity contribution in [1.82, 2.24) is 4.98 Å². The van der Waals surface area contributed by atoms with Gasteiger partial charge in [-0.25, -0.2) is 4.98 Å². The number of aromatic nitrogens is 1. The second kappa shape index (κ2) is 11.0. The van der Waals surface area contributed by atoms with Gasteiger partial charge in [-0.05, 0) is 48.4 Å². The van der Waals surface area contributed by atoms with Gasteiger partial charge in [-0.3, -0.25) is 4.79 Å². The topological polar surface area (TPSA) is 42.4 Å². The zero-order valence-corrected chi connectivity index (χ0v) is 18.2. The minimum atomic E-state index is 0. The molecule has 0 N–H and O–H groups in total. The van der Waals surface area contributed by atoms with Gasteiger partial charge in [-0.1, -0.05) is 0 Å². The van der Waals surface area contributed by atoms with Crippen molar-refractivity contribution < 1.29 is 42.2 Å². The molecule has 3 aromatic rings. The normalized spacial score (nSPS) is 9.96. The van der Waals surface area contributed by atoms with Crippen molar-refractivity contribution in [1.29, 1.82) is 0 Å². The van der Waals surface area contributed by atoms with Crippen molar-refractivity contribution in [2.45, 2.75) is 6.42 Å². The molecule has 0 aliphatic carbocycles.